The van der Waals surface area contributed by atoms with Gasteiger partial charge < -0.3 is 14.5 Å². The normalized spacial score (nSPS) is 15.5. The summed E-state index contributed by atoms with van der Waals surface area (Å²) in [5.74, 6) is -0.0577. The van der Waals surface area contributed by atoms with E-state index >= 15 is 0 Å². The maximum absolute atomic E-state index is 12.3. The number of nitrogens with one attached hydrogen (secondary N) is 1. The molecule has 0 aliphatic carbocycles. The molecule has 0 unspecified atom stereocenters. The number of carbonyl (C=O) groups excluding carboxylic acids is 1. The van der Waals surface area contributed by atoms with Crippen molar-refractivity contribution in [2.45, 2.75) is 32.0 Å². The zero-order valence-electron chi connectivity index (χ0n) is 16.1. The van der Waals surface area contributed by atoms with Gasteiger partial charge in [0.25, 0.3) is 5.91 Å². The van der Waals surface area contributed by atoms with Crippen LogP contribution in [0.2, 0.25) is 0 Å². The van der Waals surface area contributed by atoms with Gasteiger partial charge in [-0.15, -0.1) is 0 Å². The fourth-order valence-corrected chi connectivity index (χ4v) is 4.06. The minimum Gasteiger partial charge on any atom is -0.381 e. The van der Waals surface area contributed by atoms with Crippen LogP contribution in [0.1, 0.15) is 34.3 Å². The predicted octanol–water partition coefficient (Wildman–Crippen LogP) is 4.13. The lowest BCUT2D eigenvalue weighted by Gasteiger charge is -2.40. The fraction of sp³-hybridized carbons (Fsp3) is 0.409. The van der Waals surface area contributed by atoms with Gasteiger partial charge in [-0.1, -0.05) is 46.3 Å². The lowest BCUT2D eigenvalue weighted by molar-refractivity contribution is -0.929. The van der Waals surface area contributed by atoms with Crippen LogP contribution in [0.5, 0.6) is 0 Å². The number of hydrogen-bond donors (Lipinski definition) is 1. The third-order valence-corrected chi connectivity index (χ3v) is 5.83. The average molecular weight is 432 g/mol. The van der Waals surface area contributed by atoms with Gasteiger partial charge in [-0.2, -0.15) is 0 Å². The Bertz CT molecular complexity index is 768. The lowest BCUT2D eigenvalue weighted by Crippen LogP contribution is -2.50. The van der Waals surface area contributed by atoms with E-state index in [9.17, 15) is 4.79 Å². The van der Waals surface area contributed by atoms with Gasteiger partial charge in [0.1, 0.15) is 6.54 Å². The fourth-order valence-electron chi connectivity index (χ4n) is 3.66. The molecule has 1 fully saturated rings. The van der Waals surface area contributed by atoms with Crippen molar-refractivity contribution in [3.05, 3.63) is 69.7 Å². The molecule has 4 nitrogen and oxygen atoms in total. The van der Waals surface area contributed by atoms with E-state index in [1.807, 2.05) is 24.3 Å². The second-order valence-electron chi connectivity index (χ2n) is 7.79. The Balaban J connectivity index is 1.54. The molecule has 27 heavy (non-hydrogen) atoms. The molecule has 0 spiro atoms. The summed E-state index contributed by atoms with van der Waals surface area (Å²) in [6.07, 6.45) is 2.26. The Kier molecular flexibility index (Phi) is 6.68. The quantitative estimate of drug-likeness (QED) is 0.697. The SMILES string of the molecule is C[N+](C)(Cc1ccc(CNC(=O)c2cccc(Br)c2)cc1)C1CCOCC1. The van der Waals surface area contributed by atoms with E-state index in [1.165, 1.54) is 5.56 Å². The number of rotatable bonds is 6. The van der Waals surface area contributed by atoms with Gasteiger partial charge in [-0.3, -0.25) is 4.79 Å². The first-order chi connectivity index (χ1) is 12.9. The first-order valence-corrected chi connectivity index (χ1v) is 10.3. The van der Waals surface area contributed by atoms with Gasteiger partial charge >= 0.3 is 0 Å². The highest BCUT2D eigenvalue weighted by Crippen LogP contribution is 2.22. The van der Waals surface area contributed by atoms with Crippen LogP contribution >= 0.6 is 15.9 Å². The smallest absolute Gasteiger partial charge is 0.251 e. The maximum Gasteiger partial charge on any atom is 0.251 e. The number of halogens is 1. The van der Waals surface area contributed by atoms with E-state index in [0.717, 1.165) is 47.1 Å². The highest BCUT2D eigenvalue weighted by atomic mass is 79.9. The van der Waals surface area contributed by atoms with Crippen LogP contribution < -0.4 is 5.32 Å². The molecule has 0 aromatic heterocycles. The molecule has 0 saturated carbocycles. The summed E-state index contributed by atoms with van der Waals surface area (Å²) < 4.78 is 7.39. The van der Waals surface area contributed by atoms with Crippen LogP contribution in [-0.2, 0) is 17.8 Å². The second kappa shape index (κ2) is 9.00. The first-order valence-electron chi connectivity index (χ1n) is 9.46. The Labute approximate surface area is 170 Å². The number of nitrogens with zero attached hydrogens (tertiary/aromatic N) is 1. The van der Waals surface area contributed by atoms with Crippen LogP contribution in [0.3, 0.4) is 0 Å². The summed E-state index contributed by atoms with van der Waals surface area (Å²) >= 11 is 3.40. The molecule has 144 valence electrons. The molecule has 2 aromatic rings. The summed E-state index contributed by atoms with van der Waals surface area (Å²) in [5, 5.41) is 2.98. The average Bonchev–Trinajstić information content (AvgIpc) is 2.67. The van der Waals surface area contributed by atoms with Gasteiger partial charge in [0.05, 0.1) is 33.4 Å². The van der Waals surface area contributed by atoms with Gasteiger partial charge in [0.15, 0.2) is 0 Å². The van der Waals surface area contributed by atoms with Crippen LogP contribution in [0.25, 0.3) is 0 Å². The van der Waals surface area contributed by atoms with Gasteiger partial charge in [-0.25, -0.2) is 0 Å². The van der Waals surface area contributed by atoms with Crippen molar-refractivity contribution in [3.63, 3.8) is 0 Å². The topological polar surface area (TPSA) is 38.3 Å². The molecule has 1 amide bonds. The molecule has 5 heteroatoms. The van der Waals surface area contributed by atoms with Crippen LogP contribution in [0, 0.1) is 0 Å². The lowest BCUT2D eigenvalue weighted by atomic mass is 10.0. The number of amides is 1. The third kappa shape index (κ3) is 5.64. The number of hydrogen-bond acceptors (Lipinski definition) is 2. The highest BCUT2D eigenvalue weighted by molar-refractivity contribution is 9.10. The Morgan fingerprint density at radius 3 is 2.44 bits per heavy atom. The maximum atomic E-state index is 12.3. The van der Waals surface area contributed by atoms with E-state index in [4.69, 9.17) is 4.74 Å². The summed E-state index contributed by atoms with van der Waals surface area (Å²) in [6, 6.07) is 16.7. The van der Waals surface area contributed by atoms with E-state index in [-0.39, 0.29) is 5.91 Å². The zero-order chi connectivity index (χ0) is 19.3. The van der Waals surface area contributed by atoms with E-state index in [0.29, 0.717) is 18.2 Å². The molecule has 1 N–H and O–H groups in total. The summed E-state index contributed by atoms with van der Waals surface area (Å²) in [5.41, 5.74) is 3.10. The highest BCUT2D eigenvalue weighted by Gasteiger charge is 2.30. The van der Waals surface area contributed by atoms with Gasteiger partial charge in [0, 0.05) is 35.0 Å². The van der Waals surface area contributed by atoms with Crippen LogP contribution in [0.15, 0.2) is 53.0 Å². The van der Waals surface area contributed by atoms with E-state index in [1.54, 1.807) is 0 Å². The summed E-state index contributed by atoms with van der Waals surface area (Å²) in [4.78, 5) is 12.3. The molecule has 2 aromatic carbocycles. The Hall–Kier alpha value is -1.69. The van der Waals surface area contributed by atoms with Gasteiger partial charge in [-0.05, 0) is 23.8 Å². The Morgan fingerprint density at radius 1 is 1.11 bits per heavy atom. The van der Waals surface area contributed by atoms with Crippen molar-refractivity contribution in [3.8, 4) is 0 Å². The summed E-state index contributed by atoms with van der Waals surface area (Å²) in [7, 11) is 4.62. The second-order valence-corrected chi connectivity index (χ2v) is 8.71. The number of carbonyl (C=O) groups is 1. The number of ether oxygens (including phenoxy) is 1. The molecule has 0 bridgehead atoms. The molecule has 3 rings (SSSR count). The largest absolute Gasteiger partial charge is 0.381 e. The van der Waals surface area contributed by atoms with Crippen LogP contribution in [0.4, 0.5) is 0 Å². The van der Waals surface area contributed by atoms with Crippen molar-refractivity contribution >= 4 is 21.8 Å². The van der Waals surface area contributed by atoms with Gasteiger partial charge in [0.2, 0.25) is 0 Å². The standard InChI is InChI=1S/C22H27BrN2O2/c1-25(2,21-10-12-27-13-11-21)16-18-8-6-17(7-9-18)15-24-22(26)19-4-3-5-20(23)14-19/h3-9,14,21H,10-13,15-16H2,1-2H3/p+1. The molecule has 0 atom stereocenters. The van der Waals surface area contributed by atoms with Crippen molar-refractivity contribution < 1.29 is 14.0 Å². The van der Waals surface area contributed by atoms with E-state index in [2.05, 4.69) is 59.6 Å². The molecule has 1 aliphatic heterocycles. The third-order valence-electron chi connectivity index (χ3n) is 5.33. The number of quaternary nitrogens is 1. The van der Waals surface area contributed by atoms with Crippen molar-refractivity contribution in [1.29, 1.82) is 0 Å². The molecule has 0 radical (unpaired) electrons. The molecule has 1 heterocycles. The monoisotopic (exact) mass is 431 g/mol. The minimum atomic E-state index is -0.0577. The minimum absolute atomic E-state index is 0.0577. The first kappa shape index (κ1) is 20.1. The predicted molar refractivity (Wildman–Crippen MR) is 111 cm³/mol. The van der Waals surface area contributed by atoms with Crippen molar-refractivity contribution in [1.82, 2.24) is 5.32 Å². The molecular formula is C22H28BrN2O2+. The molecule has 1 saturated heterocycles. The zero-order valence-corrected chi connectivity index (χ0v) is 17.7. The van der Waals surface area contributed by atoms with Crippen LogP contribution in [-0.4, -0.2) is 43.7 Å². The van der Waals surface area contributed by atoms with E-state index < -0.39 is 0 Å². The number of benzene rings is 2. The molecule has 1 aliphatic rings. The summed E-state index contributed by atoms with van der Waals surface area (Å²) in [6.45, 7) is 3.30. The van der Waals surface area contributed by atoms with Crippen molar-refractivity contribution in [2.24, 2.45) is 0 Å². The van der Waals surface area contributed by atoms with Crippen molar-refractivity contribution in [2.75, 3.05) is 27.3 Å². The Morgan fingerprint density at radius 2 is 1.78 bits per heavy atom. The molecular weight excluding hydrogens is 404 g/mol.